The Hall–Kier alpha value is -0.230. The fraction of sp³-hybridized carbons (Fsp3) is 0.750. The Morgan fingerprint density at radius 2 is 2.20 bits per heavy atom. The summed E-state index contributed by atoms with van der Waals surface area (Å²) < 4.78 is 35.3. The van der Waals surface area contributed by atoms with Gasteiger partial charge in [0, 0.05) is 0 Å². The Balaban J connectivity index is 2.78. The van der Waals surface area contributed by atoms with Crippen LogP contribution in [0.5, 0.6) is 0 Å². The van der Waals surface area contributed by atoms with Crippen LogP contribution in [-0.4, -0.2) is 28.3 Å². The summed E-state index contributed by atoms with van der Waals surface area (Å²) in [6, 6.07) is 0. The summed E-state index contributed by atoms with van der Waals surface area (Å²) in [5.41, 5.74) is -1.83. The van der Waals surface area contributed by atoms with Gasteiger partial charge in [-0.15, -0.1) is 0 Å². The summed E-state index contributed by atoms with van der Waals surface area (Å²) in [7, 11) is 0. The molecule has 0 saturated heterocycles. The van der Waals surface area contributed by atoms with Crippen LogP contribution in [0.3, 0.4) is 0 Å². The van der Waals surface area contributed by atoms with Crippen LogP contribution in [0, 0.1) is 0 Å². The van der Waals surface area contributed by atoms with Gasteiger partial charge in [0.25, 0.3) is 5.55 Å². The molecule has 0 fully saturated rings. The molecule has 6 heteroatoms. The van der Waals surface area contributed by atoms with Gasteiger partial charge >= 0.3 is 11.9 Å². The summed E-state index contributed by atoms with van der Waals surface area (Å²) in [5.74, 6) is -0.434. The average Bonchev–Trinajstić information content (AvgIpc) is 2.13. The van der Waals surface area contributed by atoms with Gasteiger partial charge in [-0.2, -0.15) is 13.2 Å². The minimum atomic E-state index is -4.65. The SMILES string of the molecule is OC1(C(F)(F)F)CSC=[N+]1. The Labute approximate surface area is 59.1 Å². The maximum atomic E-state index is 11.8. The molecule has 0 spiro atoms. The monoisotopic (exact) mass is 171 g/mol. The molecule has 57 valence electrons. The molecule has 0 aromatic rings. The van der Waals surface area contributed by atoms with Crippen LogP contribution in [-0.2, 0) is 0 Å². The van der Waals surface area contributed by atoms with Crippen LogP contribution in [0.4, 0.5) is 13.2 Å². The fourth-order valence-corrected chi connectivity index (χ4v) is 1.26. The Kier molecular flexibility index (Phi) is 1.68. The standard InChI is InChI=1S/C4H4F3NOS/c5-4(6,7)3(9)1-10-2-8-3/h2,9H,1H2/q+1. The summed E-state index contributed by atoms with van der Waals surface area (Å²) in [4.78, 5) is 2.91. The first-order valence-corrected chi connectivity index (χ1v) is 3.45. The van der Waals surface area contributed by atoms with Crippen molar-refractivity contribution in [2.45, 2.75) is 11.9 Å². The van der Waals surface area contributed by atoms with Crippen LogP contribution in [0.15, 0.2) is 0 Å². The number of hydrogen-bond acceptors (Lipinski definition) is 3. The molecule has 1 heterocycles. The van der Waals surface area contributed by atoms with Crippen molar-refractivity contribution in [1.82, 2.24) is 4.99 Å². The summed E-state index contributed by atoms with van der Waals surface area (Å²) in [6.07, 6.45) is -4.65. The third kappa shape index (κ3) is 1.13. The molecular formula is C4H4F3NOS+. The highest BCUT2D eigenvalue weighted by atomic mass is 32.2. The van der Waals surface area contributed by atoms with E-state index in [-0.39, 0.29) is 0 Å². The highest BCUT2D eigenvalue weighted by Crippen LogP contribution is 2.32. The number of aliphatic hydroxyl groups is 1. The topological polar surface area (TPSA) is 34.3 Å². The third-order valence-electron chi connectivity index (χ3n) is 1.08. The lowest BCUT2D eigenvalue weighted by Gasteiger charge is -2.11. The molecule has 1 radical (unpaired) electrons. The van der Waals surface area contributed by atoms with Crippen molar-refractivity contribution in [1.29, 1.82) is 0 Å². The van der Waals surface area contributed by atoms with E-state index in [1.807, 2.05) is 0 Å². The van der Waals surface area contributed by atoms with Gasteiger partial charge in [0.05, 0.1) is 4.99 Å². The van der Waals surface area contributed by atoms with E-state index < -0.39 is 17.7 Å². The molecule has 0 aliphatic carbocycles. The average molecular weight is 171 g/mol. The quantitative estimate of drug-likeness (QED) is 0.570. The molecule has 1 aliphatic heterocycles. The fourth-order valence-electron chi connectivity index (χ4n) is 0.470. The van der Waals surface area contributed by atoms with Crippen molar-refractivity contribution in [3.05, 3.63) is 0 Å². The number of halogens is 3. The maximum absolute atomic E-state index is 11.8. The Morgan fingerprint density at radius 1 is 1.60 bits per heavy atom. The number of thioether (sulfide) groups is 1. The zero-order valence-corrected chi connectivity index (χ0v) is 5.54. The molecule has 0 amide bonds. The number of rotatable bonds is 0. The summed E-state index contributed by atoms with van der Waals surface area (Å²) in [6.45, 7) is 0. The van der Waals surface area contributed by atoms with Crippen molar-refractivity contribution in [2.75, 3.05) is 5.75 Å². The number of aliphatic imine (C=N–C) groups is 1. The van der Waals surface area contributed by atoms with E-state index in [0.717, 1.165) is 17.3 Å². The minimum Gasteiger partial charge on any atom is -0.322 e. The van der Waals surface area contributed by atoms with Crippen molar-refractivity contribution >= 4 is 17.3 Å². The van der Waals surface area contributed by atoms with Gasteiger partial charge in [0.1, 0.15) is 5.75 Å². The van der Waals surface area contributed by atoms with E-state index in [0.29, 0.717) is 0 Å². The normalized spacial score (nSPS) is 33.2. The second kappa shape index (κ2) is 2.13. The van der Waals surface area contributed by atoms with Crippen molar-refractivity contribution in [3.63, 3.8) is 0 Å². The molecule has 0 aromatic carbocycles. The highest BCUT2D eigenvalue weighted by molar-refractivity contribution is 8.12. The van der Waals surface area contributed by atoms with Gasteiger partial charge < -0.3 is 5.11 Å². The lowest BCUT2D eigenvalue weighted by atomic mass is 10.3. The Bertz CT molecular complexity index is 168. The van der Waals surface area contributed by atoms with Gasteiger partial charge in [-0.1, -0.05) is 0 Å². The molecule has 1 aliphatic rings. The largest absolute Gasteiger partial charge is 0.491 e. The number of nitrogens with zero attached hydrogens (tertiary/aromatic N) is 1. The van der Waals surface area contributed by atoms with Gasteiger partial charge in [-0.05, 0) is 11.8 Å². The van der Waals surface area contributed by atoms with E-state index in [1.165, 1.54) is 0 Å². The van der Waals surface area contributed by atoms with Crippen molar-refractivity contribution in [2.24, 2.45) is 0 Å². The van der Waals surface area contributed by atoms with Crippen molar-refractivity contribution in [3.8, 4) is 0 Å². The van der Waals surface area contributed by atoms with Crippen LogP contribution >= 0.6 is 11.8 Å². The predicted octanol–water partition coefficient (Wildman–Crippen LogP) is 0.348. The van der Waals surface area contributed by atoms with Crippen LogP contribution in [0.25, 0.3) is 0 Å². The van der Waals surface area contributed by atoms with Gasteiger partial charge in [0.2, 0.25) is 0 Å². The first-order valence-electron chi connectivity index (χ1n) is 2.40. The molecule has 10 heavy (non-hydrogen) atoms. The number of alkyl halides is 3. The predicted molar refractivity (Wildman–Crippen MR) is 31.7 cm³/mol. The lowest BCUT2D eigenvalue weighted by molar-refractivity contribution is -0.253. The van der Waals surface area contributed by atoms with Gasteiger partial charge in [0.15, 0.2) is 0 Å². The molecule has 2 nitrogen and oxygen atoms in total. The van der Waals surface area contributed by atoms with E-state index in [2.05, 4.69) is 4.99 Å². The van der Waals surface area contributed by atoms with E-state index in [4.69, 9.17) is 5.11 Å². The molecule has 1 rings (SSSR count). The smallest absolute Gasteiger partial charge is 0.322 e. The Morgan fingerprint density at radius 3 is 2.40 bits per heavy atom. The van der Waals surface area contributed by atoms with Crippen LogP contribution in [0.2, 0.25) is 0 Å². The first-order chi connectivity index (χ1) is 4.46. The molecule has 1 unspecified atom stereocenters. The van der Waals surface area contributed by atoms with E-state index in [9.17, 15) is 13.2 Å². The molecule has 1 N–H and O–H groups in total. The second-order valence-electron chi connectivity index (χ2n) is 1.86. The third-order valence-corrected chi connectivity index (χ3v) is 1.90. The molecule has 0 saturated carbocycles. The van der Waals surface area contributed by atoms with Gasteiger partial charge in [-0.25, -0.2) is 0 Å². The van der Waals surface area contributed by atoms with Crippen LogP contribution < -0.4 is 4.99 Å². The zero-order chi connectivity index (χ0) is 7.83. The molecular weight excluding hydrogens is 167 g/mol. The first kappa shape index (κ1) is 7.87. The molecule has 1 atom stereocenters. The van der Waals surface area contributed by atoms with E-state index in [1.54, 1.807) is 0 Å². The van der Waals surface area contributed by atoms with Crippen molar-refractivity contribution < 1.29 is 18.3 Å². The van der Waals surface area contributed by atoms with Crippen LogP contribution in [0.1, 0.15) is 0 Å². The highest BCUT2D eigenvalue weighted by Gasteiger charge is 2.65. The number of hydrogen-bond donors (Lipinski definition) is 1. The molecule has 0 aromatic heterocycles. The molecule has 0 bridgehead atoms. The minimum absolute atomic E-state index is 0.434. The second-order valence-corrected chi connectivity index (χ2v) is 2.69. The maximum Gasteiger partial charge on any atom is 0.491 e. The van der Waals surface area contributed by atoms with Gasteiger partial charge in [-0.3, -0.25) is 0 Å². The zero-order valence-electron chi connectivity index (χ0n) is 4.72. The summed E-state index contributed by atoms with van der Waals surface area (Å²) >= 11 is 0.846. The van der Waals surface area contributed by atoms with E-state index >= 15 is 0 Å². The lowest BCUT2D eigenvalue weighted by Crippen LogP contribution is -2.49. The summed E-state index contributed by atoms with van der Waals surface area (Å²) in [5, 5.41) is 8.68.